The molecule has 0 spiro atoms. The molecule has 30 heavy (non-hydrogen) atoms. The van der Waals surface area contributed by atoms with Gasteiger partial charge in [-0.25, -0.2) is 18.5 Å². The molecule has 4 rings (SSSR count). The summed E-state index contributed by atoms with van der Waals surface area (Å²) in [5, 5.41) is 14.3. The maximum absolute atomic E-state index is 11.6. The highest BCUT2D eigenvalue weighted by molar-refractivity contribution is 8.00. The van der Waals surface area contributed by atoms with Gasteiger partial charge < -0.3 is 16.0 Å². The van der Waals surface area contributed by atoms with Crippen molar-refractivity contribution in [2.45, 2.75) is 16.7 Å². The predicted molar refractivity (Wildman–Crippen MR) is 117 cm³/mol. The second kappa shape index (κ2) is 7.94. The normalized spacial score (nSPS) is 13.3. The van der Waals surface area contributed by atoms with Gasteiger partial charge in [0.05, 0.1) is 16.3 Å². The average Bonchev–Trinajstić information content (AvgIpc) is 2.70. The van der Waals surface area contributed by atoms with Crippen LogP contribution in [-0.4, -0.2) is 30.0 Å². The number of carbonyl (C=O) groups excluding carboxylic acids is 1. The third-order valence-electron chi connectivity index (χ3n) is 4.27. The number of benzene rings is 2. The van der Waals surface area contributed by atoms with Crippen LogP contribution in [0.1, 0.15) is 5.56 Å². The number of amides is 1. The van der Waals surface area contributed by atoms with E-state index in [9.17, 15) is 13.2 Å². The van der Waals surface area contributed by atoms with Gasteiger partial charge >= 0.3 is 0 Å². The molecular weight excluding hydrogens is 424 g/mol. The van der Waals surface area contributed by atoms with Crippen LogP contribution in [0.2, 0.25) is 0 Å². The number of sulfonamides is 1. The Morgan fingerprint density at radius 2 is 1.93 bits per heavy atom. The third kappa shape index (κ3) is 4.53. The molecule has 0 aliphatic carbocycles. The second-order valence-corrected chi connectivity index (χ2v) is 9.17. The third-order valence-corrected chi connectivity index (χ3v) is 6.25. The van der Waals surface area contributed by atoms with Gasteiger partial charge in [-0.15, -0.1) is 11.8 Å². The van der Waals surface area contributed by atoms with E-state index >= 15 is 0 Å². The Kier molecular flexibility index (Phi) is 5.33. The standard InChI is InChI=1S/C19H18N6O3S2/c1-11-9-21-19(23-12-3-2-4-14(7-12)30(20,27)28)25-18(11)22-13-5-6-16-15(8-13)24-17(26)10-29-16/h2-9H,10H2,1H3,(H,24,26)(H2,20,27,28)(H2,21,22,23,25). The number of aromatic nitrogens is 2. The highest BCUT2D eigenvalue weighted by Gasteiger charge is 2.16. The first-order valence-corrected chi connectivity index (χ1v) is 11.4. The van der Waals surface area contributed by atoms with Crippen LogP contribution in [0, 0.1) is 6.92 Å². The molecular formula is C19H18N6O3S2. The highest BCUT2D eigenvalue weighted by atomic mass is 32.2. The fraction of sp³-hybridized carbons (Fsp3) is 0.105. The van der Waals surface area contributed by atoms with Crippen molar-refractivity contribution < 1.29 is 13.2 Å². The largest absolute Gasteiger partial charge is 0.340 e. The molecule has 0 radical (unpaired) electrons. The number of nitrogens with two attached hydrogens (primary N) is 1. The minimum atomic E-state index is -3.81. The van der Waals surface area contributed by atoms with Gasteiger partial charge in [-0.1, -0.05) is 6.07 Å². The van der Waals surface area contributed by atoms with E-state index in [1.165, 1.54) is 23.9 Å². The van der Waals surface area contributed by atoms with Crippen molar-refractivity contribution in [3.8, 4) is 0 Å². The van der Waals surface area contributed by atoms with Crippen molar-refractivity contribution in [3.63, 3.8) is 0 Å². The summed E-state index contributed by atoms with van der Waals surface area (Å²) in [6.07, 6.45) is 1.65. The molecule has 0 fully saturated rings. The number of nitrogens with one attached hydrogen (secondary N) is 3. The van der Waals surface area contributed by atoms with Gasteiger partial charge in [-0.3, -0.25) is 4.79 Å². The SMILES string of the molecule is Cc1cnc(Nc2cccc(S(N)(=O)=O)c2)nc1Nc1ccc2c(c1)NC(=O)CS2. The maximum Gasteiger partial charge on any atom is 0.238 e. The maximum atomic E-state index is 11.6. The van der Waals surface area contributed by atoms with Crippen LogP contribution < -0.4 is 21.1 Å². The van der Waals surface area contributed by atoms with Crippen molar-refractivity contribution in [1.29, 1.82) is 0 Å². The molecule has 11 heteroatoms. The number of rotatable bonds is 5. The molecule has 0 atom stereocenters. The Hall–Kier alpha value is -3.15. The molecule has 1 aliphatic rings. The van der Waals surface area contributed by atoms with E-state index in [0.29, 0.717) is 17.3 Å². The second-order valence-electron chi connectivity index (χ2n) is 6.60. The number of hydrogen-bond acceptors (Lipinski definition) is 8. The van der Waals surface area contributed by atoms with Crippen LogP contribution in [0.25, 0.3) is 0 Å². The summed E-state index contributed by atoms with van der Waals surface area (Å²) in [6.45, 7) is 1.86. The number of aryl methyl sites for hydroxylation is 1. The number of primary sulfonamides is 1. The predicted octanol–water partition coefficient (Wildman–Crippen LogP) is 2.96. The Bertz CT molecular complexity index is 1250. The lowest BCUT2D eigenvalue weighted by molar-refractivity contribution is -0.113. The molecule has 2 aromatic carbocycles. The van der Waals surface area contributed by atoms with Crippen LogP contribution in [-0.2, 0) is 14.8 Å². The van der Waals surface area contributed by atoms with E-state index in [1.54, 1.807) is 18.3 Å². The Morgan fingerprint density at radius 3 is 2.73 bits per heavy atom. The molecule has 1 aromatic heterocycles. The number of carbonyl (C=O) groups is 1. The molecule has 154 valence electrons. The van der Waals surface area contributed by atoms with Gasteiger partial charge in [0.15, 0.2) is 0 Å². The minimum Gasteiger partial charge on any atom is -0.340 e. The van der Waals surface area contributed by atoms with Crippen molar-refractivity contribution in [1.82, 2.24) is 9.97 Å². The average molecular weight is 443 g/mol. The molecule has 2 heterocycles. The van der Waals surface area contributed by atoms with E-state index in [0.717, 1.165) is 21.8 Å². The molecule has 5 N–H and O–H groups in total. The molecule has 1 amide bonds. The van der Waals surface area contributed by atoms with Crippen molar-refractivity contribution in [3.05, 3.63) is 54.2 Å². The van der Waals surface area contributed by atoms with Crippen molar-refractivity contribution in [2.24, 2.45) is 5.14 Å². The smallest absolute Gasteiger partial charge is 0.238 e. The monoisotopic (exact) mass is 442 g/mol. The zero-order valence-electron chi connectivity index (χ0n) is 15.8. The molecule has 1 aliphatic heterocycles. The molecule has 9 nitrogen and oxygen atoms in total. The fourth-order valence-electron chi connectivity index (χ4n) is 2.81. The topological polar surface area (TPSA) is 139 Å². The lowest BCUT2D eigenvalue weighted by Crippen LogP contribution is -2.18. The molecule has 0 saturated heterocycles. The number of fused-ring (bicyclic) bond motifs is 1. The number of nitrogens with zero attached hydrogens (tertiary/aromatic N) is 2. The van der Waals surface area contributed by atoms with Crippen LogP contribution in [0.5, 0.6) is 0 Å². The lowest BCUT2D eigenvalue weighted by Gasteiger charge is -2.18. The first-order valence-electron chi connectivity index (χ1n) is 8.85. The van der Waals surface area contributed by atoms with Crippen LogP contribution in [0.15, 0.2) is 58.5 Å². The summed E-state index contributed by atoms with van der Waals surface area (Å²) in [7, 11) is -3.81. The lowest BCUT2D eigenvalue weighted by atomic mass is 10.2. The molecule has 3 aromatic rings. The Balaban J connectivity index is 1.57. The van der Waals surface area contributed by atoms with Gasteiger partial charge in [-0.05, 0) is 43.3 Å². The van der Waals surface area contributed by atoms with Gasteiger partial charge in [0.25, 0.3) is 0 Å². The fourth-order valence-corrected chi connectivity index (χ4v) is 4.15. The van der Waals surface area contributed by atoms with E-state index in [1.807, 2.05) is 25.1 Å². The van der Waals surface area contributed by atoms with Crippen molar-refractivity contribution >= 4 is 56.5 Å². The van der Waals surface area contributed by atoms with Crippen LogP contribution >= 0.6 is 11.8 Å². The summed E-state index contributed by atoms with van der Waals surface area (Å²) >= 11 is 1.49. The van der Waals surface area contributed by atoms with E-state index in [2.05, 4.69) is 25.9 Å². The highest BCUT2D eigenvalue weighted by Crippen LogP contribution is 2.34. The van der Waals surface area contributed by atoms with E-state index < -0.39 is 10.0 Å². The first-order chi connectivity index (χ1) is 14.3. The van der Waals surface area contributed by atoms with Crippen LogP contribution in [0.3, 0.4) is 0 Å². The zero-order valence-corrected chi connectivity index (χ0v) is 17.5. The van der Waals surface area contributed by atoms with E-state index in [-0.39, 0.29) is 16.8 Å². The quantitative estimate of drug-likeness (QED) is 0.473. The van der Waals surface area contributed by atoms with Gasteiger partial charge in [-0.2, -0.15) is 4.98 Å². The summed E-state index contributed by atoms with van der Waals surface area (Å²) in [4.78, 5) is 21.4. The summed E-state index contributed by atoms with van der Waals surface area (Å²) in [5.74, 6) is 1.24. The Labute approximate surface area is 177 Å². The summed E-state index contributed by atoms with van der Waals surface area (Å²) < 4.78 is 23.1. The van der Waals surface area contributed by atoms with Crippen molar-refractivity contribution in [2.75, 3.05) is 21.7 Å². The Morgan fingerprint density at radius 1 is 1.13 bits per heavy atom. The minimum absolute atomic E-state index is 0.00747. The summed E-state index contributed by atoms with van der Waals surface area (Å²) in [5.41, 5.74) is 2.83. The van der Waals surface area contributed by atoms with Gasteiger partial charge in [0, 0.05) is 28.0 Å². The number of anilines is 5. The zero-order chi connectivity index (χ0) is 21.3. The summed E-state index contributed by atoms with van der Waals surface area (Å²) in [6, 6.07) is 11.8. The van der Waals surface area contributed by atoms with Crippen LogP contribution in [0.4, 0.5) is 28.8 Å². The molecule has 0 saturated carbocycles. The van der Waals surface area contributed by atoms with Gasteiger partial charge in [0.1, 0.15) is 5.82 Å². The van der Waals surface area contributed by atoms with Gasteiger partial charge in [0.2, 0.25) is 21.9 Å². The molecule has 0 bridgehead atoms. The first kappa shape index (κ1) is 20.1. The number of hydrogen-bond donors (Lipinski definition) is 4. The van der Waals surface area contributed by atoms with E-state index in [4.69, 9.17) is 5.14 Å². The number of thioether (sulfide) groups is 1. The molecule has 0 unspecified atom stereocenters.